The largest absolute Gasteiger partial charge is 0.436 e. The van der Waals surface area contributed by atoms with Gasteiger partial charge < -0.3 is 24.1 Å². The van der Waals surface area contributed by atoms with E-state index in [1.165, 1.54) is 0 Å². The van der Waals surface area contributed by atoms with E-state index in [2.05, 4.69) is 0 Å². The zero-order valence-electron chi connectivity index (χ0n) is 10.6. The summed E-state index contributed by atoms with van der Waals surface area (Å²) in [6.07, 6.45) is -1.01. The summed E-state index contributed by atoms with van der Waals surface area (Å²) < 4.78 is 20.1. The molecule has 0 bridgehead atoms. The third-order valence-electron chi connectivity index (χ3n) is 2.85. The standard InChI is InChI=1S/C13H16O6/c1-16-6-11(17-7-14)9-2-4-10(5-3-9)12-13(15)19-8-18-12/h2-5,11-12,14H,6-8H2,1H3/t11-,12+/m1/s1. The summed E-state index contributed by atoms with van der Waals surface area (Å²) in [5, 5.41) is 8.83. The van der Waals surface area contributed by atoms with Crippen LogP contribution >= 0.6 is 0 Å². The lowest BCUT2D eigenvalue weighted by molar-refractivity contribution is -0.139. The van der Waals surface area contributed by atoms with E-state index in [1.54, 1.807) is 19.2 Å². The van der Waals surface area contributed by atoms with Gasteiger partial charge >= 0.3 is 5.97 Å². The Kier molecular flexibility index (Phi) is 4.86. The number of benzene rings is 1. The molecule has 1 N–H and O–H groups in total. The molecule has 2 atom stereocenters. The highest BCUT2D eigenvalue weighted by molar-refractivity contribution is 5.77. The second kappa shape index (κ2) is 6.63. The molecule has 0 aromatic heterocycles. The van der Waals surface area contributed by atoms with Crippen molar-refractivity contribution in [2.75, 3.05) is 27.3 Å². The topological polar surface area (TPSA) is 74.2 Å². The summed E-state index contributed by atoms with van der Waals surface area (Å²) in [7, 11) is 1.56. The minimum atomic E-state index is -0.659. The zero-order valence-corrected chi connectivity index (χ0v) is 10.6. The van der Waals surface area contributed by atoms with Crippen molar-refractivity contribution in [2.24, 2.45) is 0 Å². The van der Waals surface area contributed by atoms with Gasteiger partial charge in [0, 0.05) is 7.11 Å². The molecular formula is C13H16O6. The molecule has 1 heterocycles. The quantitative estimate of drug-likeness (QED) is 0.610. The minimum Gasteiger partial charge on any atom is -0.436 e. The van der Waals surface area contributed by atoms with E-state index in [4.69, 9.17) is 24.1 Å². The van der Waals surface area contributed by atoms with Crippen molar-refractivity contribution in [1.82, 2.24) is 0 Å². The number of aliphatic hydroxyl groups is 1. The molecule has 1 saturated heterocycles. The predicted octanol–water partition coefficient (Wildman–Crippen LogP) is 0.913. The molecule has 0 saturated carbocycles. The van der Waals surface area contributed by atoms with Crippen LogP contribution in [0.1, 0.15) is 23.3 Å². The maximum absolute atomic E-state index is 11.4. The van der Waals surface area contributed by atoms with Crippen molar-refractivity contribution in [3.63, 3.8) is 0 Å². The van der Waals surface area contributed by atoms with Gasteiger partial charge in [-0.05, 0) is 11.1 Å². The summed E-state index contributed by atoms with van der Waals surface area (Å²) in [4.78, 5) is 11.4. The van der Waals surface area contributed by atoms with Gasteiger partial charge in [-0.2, -0.15) is 0 Å². The fourth-order valence-electron chi connectivity index (χ4n) is 1.90. The third kappa shape index (κ3) is 3.30. The number of methoxy groups -OCH3 is 1. The van der Waals surface area contributed by atoms with E-state index in [1.807, 2.05) is 12.1 Å². The van der Waals surface area contributed by atoms with Crippen LogP contribution in [0.5, 0.6) is 0 Å². The van der Waals surface area contributed by atoms with Gasteiger partial charge in [-0.25, -0.2) is 4.79 Å². The van der Waals surface area contributed by atoms with E-state index in [0.717, 1.165) is 11.1 Å². The lowest BCUT2D eigenvalue weighted by Gasteiger charge is -2.16. The number of esters is 1. The molecule has 19 heavy (non-hydrogen) atoms. The molecular weight excluding hydrogens is 252 g/mol. The normalized spacial score (nSPS) is 20.3. The maximum atomic E-state index is 11.4. The average molecular weight is 268 g/mol. The van der Waals surface area contributed by atoms with Gasteiger partial charge in [0.25, 0.3) is 0 Å². The van der Waals surface area contributed by atoms with Crippen LogP contribution in [-0.4, -0.2) is 38.4 Å². The number of carbonyl (C=O) groups excluding carboxylic acids is 1. The van der Waals surface area contributed by atoms with Gasteiger partial charge in [0.1, 0.15) is 12.9 Å². The number of hydrogen-bond acceptors (Lipinski definition) is 6. The van der Waals surface area contributed by atoms with Gasteiger partial charge in [-0.1, -0.05) is 24.3 Å². The molecule has 0 aliphatic carbocycles. The second-order valence-electron chi connectivity index (χ2n) is 4.03. The van der Waals surface area contributed by atoms with Crippen LogP contribution in [0.15, 0.2) is 24.3 Å². The second-order valence-corrected chi connectivity index (χ2v) is 4.03. The average Bonchev–Trinajstić information content (AvgIpc) is 2.85. The summed E-state index contributed by atoms with van der Waals surface area (Å²) in [5.41, 5.74) is 1.58. The van der Waals surface area contributed by atoms with Crippen LogP contribution in [0.4, 0.5) is 0 Å². The fraction of sp³-hybridized carbons (Fsp3) is 0.462. The number of ether oxygens (including phenoxy) is 4. The Labute approximate surface area is 110 Å². The molecule has 0 radical (unpaired) electrons. The maximum Gasteiger partial charge on any atom is 0.342 e. The molecule has 1 aromatic rings. The van der Waals surface area contributed by atoms with E-state index in [-0.39, 0.29) is 25.7 Å². The Morgan fingerprint density at radius 1 is 1.42 bits per heavy atom. The van der Waals surface area contributed by atoms with Gasteiger partial charge in [0.15, 0.2) is 12.9 Å². The Hall–Kier alpha value is -1.47. The van der Waals surface area contributed by atoms with Crippen molar-refractivity contribution in [3.05, 3.63) is 35.4 Å². The van der Waals surface area contributed by atoms with Gasteiger partial charge in [0.05, 0.1) is 6.61 Å². The van der Waals surface area contributed by atoms with Crippen LogP contribution in [0.25, 0.3) is 0 Å². The van der Waals surface area contributed by atoms with Crippen molar-refractivity contribution in [1.29, 1.82) is 0 Å². The number of rotatable bonds is 6. The molecule has 6 heteroatoms. The monoisotopic (exact) mass is 268 g/mol. The van der Waals surface area contributed by atoms with Crippen LogP contribution in [0, 0.1) is 0 Å². The van der Waals surface area contributed by atoms with Crippen molar-refractivity contribution in [3.8, 4) is 0 Å². The predicted molar refractivity (Wildman–Crippen MR) is 64.0 cm³/mol. The first kappa shape index (κ1) is 14.0. The van der Waals surface area contributed by atoms with Crippen molar-refractivity contribution < 1.29 is 28.8 Å². The summed E-state index contributed by atoms with van der Waals surface area (Å²) in [6.45, 7) is -0.0547. The highest BCUT2D eigenvalue weighted by Crippen LogP contribution is 2.26. The molecule has 1 fully saturated rings. The van der Waals surface area contributed by atoms with Gasteiger partial charge in [-0.15, -0.1) is 0 Å². The lowest BCUT2D eigenvalue weighted by atomic mass is 10.0. The lowest BCUT2D eigenvalue weighted by Crippen LogP contribution is -2.12. The Balaban J connectivity index is 2.10. The van der Waals surface area contributed by atoms with E-state index >= 15 is 0 Å². The van der Waals surface area contributed by atoms with Crippen molar-refractivity contribution in [2.45, 2.75) is 12.2 Å². The van der Waals surface area contributed by atoms with Gasteiger partial charge in [0.2, 0.25) is 0 Å². The van der Waals surface area contributed by atoms with E-state index in [0.29, 0.717) is 6.61 Å². The summed E-state index contributed by atoms with van der Waals surface area (Å²) >= 11 is 0. The molecule has 0 unspecified atom stereocenters. The van der Waals surface area contributed by atoms with E-state index < -0.39 is 6.10 Å². The number of carbonyl (C=O) groups is 1. The first-order valence-corrected chi connectivity index (χ1v) is 5.85. The Morgan fingerprint density at radius 3 is 2.68 bits per heavy atom. The Bertz CT molecular complexity index is 410. The number of hydrogen-bond donors (Lipinski definition) is 1. The zero-order chi connectivity index (χ0) is 13.7. The first-order chi connectivity index (χ1) is 9.26. The minimum absolute atomic E-state index is 0.00876. The number of aliphatic hydroxyl groups excluding tert-OH is 1. The molecule has 1 aliphatic heterocycles. The summed E-state index contributed by atoms with van der Waals surface area (Å²) in [5.74, 6) is -0.382. The van der Waals surface area contributed by atoms with Crippen LogP contribution in [-0.2, 0) is 23.7 Å². The molecule has 1 aromatic carbocycles. The SMILES string of the molecule is COC[C@@H](OCO)c1ccc([C@@H]2OCOC2=O)cc1. The van der Waals surface area contributed by atoms with Crippen molar-refractivity contribution >= 4 is 5.97 Å². The highest BCUT2D eigenvalue weighted by Gasteiger charge is 2.29. The smallest absolute Gasteiger partial charge is 0.342 e. The molecule has 104 valence electrons. The van der Waals surface area contributed by atoms with Crippen LogP contribution < -0.4 is 0 Å². The number of cyclic esters (lactones) is 1. The first-order valence-electron chi connectivity index (χ1n) is 5.85. The molecule has 2 rings (SSSR count). The molecule has 0 amide bonds. The molecule has 1 aliphatic rings. The molecule has 6 nitrogen and oxygen atoms in total. The van der Waals surface area contributed by atoms with Crippen LogP contribution in [0.3, 0.4) is 0 Å². The summed E-state index contributed by atoms with van der Waals surface area (Å²) in [6, 6.07) is 7.17. The van der Waals surface area contributed by atoms with Crippen LogP contribution in [0.2, 0.25) is 0 Å². The highest BCUT2D eigenvalue weighted by atomic mass is 16.7. The fourth-order valence-corrected chi connectivity index (χ4v) is 1.90. The third-order valence-corrected chi connectivity index (χ3v) is 2.85. The molecule has 0 spiro atoms. The Morgan fingerprint density at radius 2 is 2.16 bits per heavy atom. The van der Waals surface area contributed by atoms with Gasteiger partial charge in [-0.3, -0.25) is 0 Å². The van der Waals surface area contributed by atoms with E-state index in [9.17, 15) is 4.79 Å².